The highest BCUT2D eigenvalue weighted by Crippen LogP contribution is 1.93. The minimum absolute atomic E-state index is 0.325. The summed E-state index contributed by atoms with van der Waals surface area (Å²) in [7, 11) is 0. The first-order valence-corrected chi connectivity index (χ1v) is 6.87. The normalized spacial score (nSPS) is 12.3. The topological polar surface area (TPSA) is 79.5 Å². The van der Waals surface area contributed by atoms with Crippen molar-refractivity contribution in [2.24, 2.45) is 5.92 Å². The maximum absolute atomic E-state index is 11.6. The lowest BCUT2D eigenvalue weighted by atomic mass is 10.2. The van der Waals surface area contributed by atoms with Gasteiger partial charge < -0.3 is 15.4 Å². The Morgan fingerprint density at radius 1 is 1.21 bits per heavy atom. The molecular weight excluding hydrogens is 246 g/mol. The van der Waals surface area contributed by atoms with E-state index in [2.05, 4.69) is 29.8 Å². The van der Waals surface area contributed by atoms with Crippen LogP contribution >= 0.6 is 0 Å². The predicted molar refractivity (Wildman–Crippen MR) is 75.0 cm³/mol. The van der Waals surface area contributed by atoms with Gasteiger partial charge in [-0.2, -0.15) is 0 Å². The Balaban J connectivity index is 3.59. The summed E-state index contributed by atoms with van der Waals surface area (Å²) in [6.45, 7) is 10.3. The highest BCUT2D eigenvalue weighted by atomic mass is 16.5. The minimum Gasteiger partial charge on any atom is -0.381 e. The second kappa shape index (κ2) is 10.8. The van der Waals surface area contributed by atoms with Crippen molar-refractivity contribution >= 4 is 11.9 Å². The average Bonchev–Trinajstić information content (AvgIpc) is 2.33. The van der Waals surface area contributed by atoms with E-state index in [0.29, 0.717) is 25.6 Å². The standard InChI is InChI=1S/C13H27N3O3/c1-5-14-13(18)16-12(17)11(4)15-7-6-8-19-9-10(2)3/h10-11,15H,5-9H2,1-4H3,(H2,14,16,17,18). The maximum Gasteiger partial charge on any atom is 0.321 e. The summed E-state index contributed by atoms with van der Waals surface area (Å²) >= 11 is 0. The molecule has 0 aromatic heterocycles. The van der Waals surface area contributed by atoms with Crippen molar-refractivity contribution in [2.75, 3.05) is 26.3 Å². The number of imide groups is 1. The van der Waals surface area contributed by atoms with Crippen molar-refractivity contribution in [1.29, 1.82) is 0 Å². The molecule has 6 heteroatoms. The Hall–Kier alpha value is -1.14. The summed E-state index contributed by atoms with van der Waals surface area (Å²) in [6.07, 6.45) is 0.839. The molecule has 1 atom stereocenters. The molecule has 0 saturated carbocycles. The van der Waals surface area contributed by atoms with Crippen LogP contribution in [0.1, 0.15) is 34.1 Å². The van der Waals surface area contributed by atoms with Crippen LogP contribution in [0, 0.1) is 5.92 Å². The summed E-state index contributed by atoms with van der Waals surface area (Å²) in [5, 5.41) is 7.82. The van der Waals surface area contributed by atoms with Crippen molar-refractivity contribution in [3.8, 4) is 0 Å². The third kappa shape index (κ3) is 10.5. The highest BCUT2D eigenvalue weighted by molar-refractivity contribution is 5.96. The molecule has 0 saturated heterocycles. The number of nitrogens with one attached hydrogen (secondary N) is 3. The Bertz CT molecular complexity index is 270. The van der Waals surface area contributed by atoms with E-state index in [4.69, 9.17) is 4.74 Å². The minimum atomic E-state index is -0.457. The van der Waals surface area contributed by atoms with Gasteiger partial charge in [-0.05, 0) is 32.7 Å². The van der Waals surface area contributed by atoms with Crippen LogP contribution in [0.4, 0.5) is 4.79 Å². The molecule has 0 radical (unpaired) electrons. The Labute approximate surface area is 115 Å². The molecule has 0 fully saturated rings. The zero-order valence-electron chi connectivity index (χ0n) is 12.4. The van der Waals surface area contributed by atoms with E-state index >= 15 is 0 Å². The first-order valence-electron chi connectivity index (χ1n) is 6.87. The SMILES string of the molecule is CCNC(=O)NC(=O)C(C)NCCCOCC(C)C. The average molecular weight is 273 g/mol. The Morgan fingerprint density at radius 2 is 1.89 bits per heavy atom. The zero-order chi connectivity index (χ0) is 14.7. The van der Waals surface area contributed by atoms with Crippen LogP contribution in [0.3, 0.4) is 0 Å². The van der Waals surface area contributed by atoms with Gasteiger partial charge in [-0.25, -0.2) is 4.79 Å². The monoisotopic (exact) mass is 273 g/mol. The van der Waals surface area contributed by atoms with Crippen LogP contribution in [0.15, 0.2) is 0 Å². The van der Waals surface area contributed by atoms with Gasteiger partial charge in [-0.1, -0.05) is 13.8 Å². The molecule has 112 valence electrons. The molecule has 0 aliphatic carbocycles. The van der Waals surface area contributed by atoms with Gasteiger partial charge in [0.25, 0.3) is 0 Å². The van der Waals surface area contributed by atoms with Crippen molar-refractivity contribution in [3.05, 3.63) is 0 Å². The number of carbonyl (C=O) groups is 2. The highest BCUT2D eigenvalue weighted by Gasteiger charge is 2.14. The van der Waals surface area contributed by atoms with Crippen LogP contribution in [0.2, 0.25) is 0 Å². The number of amides is 3. The smallest absolute Gasteiger partial charge is 0.321 e. The third-order valence-corrected chi connectivity index (χ3v) is 2.33. The van der Waals surface area contributed by atoms with E-state index in [1.807, 2.05) is 0 Å². The fourth-order valence-corrected chi connectivity index (χ4v) is 1.33. The lowest BCUT2D eigenvalue weighted by Crippen LogP contribution is -2.48. The zero-order valence-corrected chi connectivity index (χ0v) is 12.4. The van der Waals surface area contributed by atoms with Crippen LogP contribution in [0.5, 0.6) is 0 Å². The van der Waals surface area contributed by atoms with E-state index in [0.717, 1.165) is 13.0 Å². The molecule has 0 rings (SSSR count). The number of carbonyl (C=O) groups excluding carboxylic acids is 2. The molecule has 0 aromatic carbocycles. The number of hydrogen-bond acceptors (Lipinski definition) is 4. The molecular formula is C13H27N3O3. The summed E-state index contributed by atoms with van der Waals surface area (Å²) in [4.78, 5) is 22.7. The van der Waals surface area contributed by atoms with Gasteiger partial charge in [-0.15, -0.1) is 0 Å². The fourth-order valence-electron chi connectivity index (χ4n) is 1.33. The molecule has 0 bridgehead atoms. The fraction of sp³-hybridized carbons (Fsp3) is 0.846. The second-order valence-electron chi connectivity index (χ2n) is 4.85. The lowest BCUT2D eigenvalue weighted by Gasteiger charge is -2.13. The van der Waals surface area contributed by atoms with Gasteiger partial charge in [0.05, 0.1) is 6.04 Å². The van der Waals surface area contributed by atoms with E-state index in [1.165, 1.54) is 0 Å². The van der Waals surface area contributed by atoms with Crippen molar-refractivity contribution in [2.45, 2.75) is 40.2 Å². The molecule has 0 aliphatic rings. The summed E-state index contributed by atoms with van der Waals surface area (Å²) in [6, 6.07) is -0.853. The molecule has 0 heterocycles. The van der Waals surface area contributed by atoms with Crippen molar-refractivity contribution in [1.82, 2.24) is 16.0 Å². The van der Waals surface area contributed by atoms with Crippen LogP contribution in [0.25, 0.3) is 0 Å². The quantitative estimate of drug-likeness (QED) is 0.545. The summed E-state index contributed by atoms with van der Waals surface area (Å²) < 4.78 is 5.43. The Kier molecular flexibility index (Phi) is 10.1. The van der Waals surface area contributed by atoms with E-state index in [1.54, 1.807) is 13.8 Å². The first-order chi connectivity index (χ1) is 8.97. The van der Waals surface area contributed by atoms with Gasteiger partial charge in [0.2, 0.25) is 5.91 Å². The second-order valence-corrected chi connectivity index (χ2v) is 4.85. The van der Waals surface area contributed by atoms with Crippen LogP contribution in [-0.4, -0.2) is 44.3 Å². The number of rotatable bonds is 9. The van der Waals surface area contributed by atoms with Gasteiger partial charge >= 0.3 is 6.03 Å². The van der Waals surface area contributed by atoms with Gasteiger partial charge in [0, 0.05) is 19.8 Å². The molecule has 1 unspecified atom stereocenters. The van der Waals surface area contributed by atoms with E-state index < -0.39 is 12.1 Å². The largest absolute Gasteiger partial charge is 0.381 e. The van der Waals surface area contributed by atoms with Gasteiger partial charge in [0.1, 0.15) is 0 Å². The van der Waals surface area contributed by atoms with Crippen LogP contribution < -0.4 is 16.0 Å². The van der Waals surface area contributed by atoms with Crippen molar-refractivity contribution in [3.63, 3.8) is 0 Å². The molecule has 3 amide bonds. The maximum atomic E-state index is 11.6. The number of urea groups is 1. The lowest BCUT2D eigenvalue weighted by molar-refractivity contribution is -0.121. The third-order valence-electron chi connectivity index (χ3n) is 2.33. The number of hydrogen-bond donors (Lipinski definition) is 3. The van der Waals surface area contributed by atoms with Crippen LogP contribution in [-0.2, 0) is 9.53 Å². The predicted octanol–water partition coefficient (Wildman–Crippen LogP) is 0.873. The first kappa shape index (κ1) is 17.9. The Morgan fingerprint density at radius 3 is 2.47 bits per heavy atom. The summed E-state index contributed by atoms with van der Waals surface area (Å²) in [5.41, 5.74) is 0. The molecule has 0 aliphatic heterocycles. The molecule has 3 N–H and O–H groups in total. The summed E-state index contributed by atoms with van der Waals surface area (Å²) in [5.74, 6) is 0.212. The molecule has 6 nitrogen and oxygen atoms in total. The van der Waals surface area contributed by atoms with E-state index in [-0.39, 0.29) is 5.91 Å². The van der Waals surface area contributed by atoms with E-state index in [9.17, 15) is 9.59 Å². The van der Waals surface area contributed by atoms with Crippen molar-refractivity contribution < 1.29 is 14.3 Å². The van der Waals surface area contributed by atoms with Gasteiger partial charge in [-0.3, -0.25) is 10.1 Å². The molecule has 0 aromatic rings. The number of ether oxygens (including phenoxy) is 1. The van der Waals surface area contributed by atoms with Gasteiger partial charge in [0.15, 0.2) is 0 Å². The molecule has 0 spiro atoms. The molecule has 19 heavy (non-hydrogen) atoms.